The summed E-state index contributed by atoms with van der Waals surface area (Å²) in [5.74, 6) is 1.54. The predicted octanol–water partition coefficient (Wildman–Crippen LogP) is 9.06. The molecule has 0 unspecified atom stereocenters. The van der Waals surface area contributed by atoms with Crippen molar-refractivity contribution in [1.82, 2.24) is 14.5 Å². The highest BCUT2D eigenvalue weighted by Crippen LogP contribution is 2.39. The molecule has 0 saturated heterocycles. The molecular weight excluding hydrogens is 480 g/mol. The number of fused-ring (bicyclic) bond motifs is 1. The first-order valence-corrected chi connectivity index (χ1v) is 13.2. The van der Waals surface area contributed by atoms with Crippen molar-refractivity contribution in [2.75, 3.05) is 4.90 Å². The van der Waals surface area contributed by atoms with Crippen LogP contribution in [0, 0.1) is 13.8 Å². The minimum Gasteiger partial charge on any atom is -0.445 e. The number of anilines is 3. The number of para-hydroxylation sites is 1. The molecule has 0 amide bonds. The molecular formula is C34H32N4O. The molecule has 0 atom stereocenters. The van der Waals surface area contributed by atoms with E-state index in [4.69, 9.17) is 9.40 Å². The minimum absolute atomic E-state index is 0.0345. The Morgan fingerprint density at radius 2 is 1.51 bits per heavy atom. The third-order valence-electron chi connectivity index (χ3n) is 7.40. The van der Waals surface area contributed by atoms with Gasteiger partial charge >= 0.3 is 0 Å². The first kappa shape index (κ1) is 24.7. The molecule has 0 N–H and O–H groups in total. The Labute approximate surface area is 229 Å². The predicted molar refractivity (Wildman–Crippen MR) is 159 cm³/mol. The highest BCUT2D eigenvalue weighted by atomic mass is 16.3. The summed E-state index contributed by atoms with van der Waals surface area (Å²) in [6.07, 6.45) is 5.20. The van der Waals surface area contributed by atoms with Crippen molar-refractivity contribution < 1.29 is 4.42 Å². The molecule has 0 aliphatic heterocycles. The summed E-state index contributed by atoms with van der Waals surface area (Å²) in [5.41, 5.74) is 8.96. The van der Waals surface area contributed by atoms with E-state index in [1.54, 1.807) is 12.5 Å². The Morgan fingerprint density at radius 3 is 2.26 bits per heavy atom. The van der Waals surface area contributed by atoms with E-state index < -0.39 is 0 Å². The molecule has 39 heavy (non-hydrogen) atoms. The number of aryl methyl sites for hydroxylation is 1. The zero-order chi connectivity index (χ0) is 27.1. The zero-order valence-corrected chi connectivity index (χ0v) is 23.0. The number of hydrogen-bond donors (Lipinski definition) is 0. The Morgan fingerprint density at radius 1 is 0.744 bits per heavy atom. The van der Waals surface area contributed by atoms with Crippen LogP contribution in [-0.2, 0) is 5.41 Å². The molecule has 0 aliphatic rings. The van der Waals surface area contributed by atoms with Crippen molar-refractivity contribution in [2.24, 2.45) is 0 Å². The van der Waals surface area contributed by atoms with Gasteiger partial charge in [0.15, 0.2) is 0 Å². The second-order valence-corrected chi connectivity index (χ2v) is 11.0. The van der Waals surface area contributed by atoms with E-state index in [9.17, 15) is 0 Å². The monoisotopic (exact) mass is 512 g/mol. The third kappa shape index (κ3) is 4.50. The molecule has 0 bridgehead atoms. The van der Waals surface area contributed by atoms with Crippen LogP contribution in [0.15, 0.2) is 108 Å². The molecule has 194 valence electrons. The number of aromatic nitrogens is 3. The molecule has 3 aromatic carbocycles. The summed E-state index contributed by atoms with van der Waals surface area (Å²) in [5, 5.41) is 1.22. The van der Waals surface area contributed by atoms with Crippen molar-refractivity contribution in [3.63, 3.8) is 0 Å². The van der Waals surface area contributed by atoms with Crippen molar-refractivity contribution in [2.45, 2.75) is 40.0 Å². The number of hydrogen-bond acceptors (Lipinski definition) is 4. The molecule has 0 aliphatic carbocycles. The number of nitrogens with zero attached hydrogens (tertiary/aromatic N) is 4. The van der Waals surface area contributed by atoms with E-state index in [1.807, 2.05) is 24.4 Å². The lowest BCUT2D eigenvalue weighted by Gasteiger charge is -2.26. The number of pyridine rings is 1. The lowest BCUT2D eigenvalue weighted by molar-refractivity contribution is 0.574. The largest absolute Gasteiger partial charge is 0.445 e. The van der Waals surface area contributed by atoms with Crippen LogP contribution in [0.1, 0.15) is 37.6 Å². The van der Waals surface area contributed by atoms with Crippen LogP contribution in [0.2, 0.25) is 0 Å². The van der Waals surface area contributed by atoms with Gasteiger partial charge in [-0.15, -0.1) is 0 Å². The average molecular weight is 513 g/mol. The van der Waals surface area contributed by atoms with Gasteiger partial charge in [-0.2, -0.15) is 0 Å². The fourth-order valence-electron chi connectivity index (χ4n) is 5.18. The van der Waals surface area contributed by atoms with Crippen LogP contribution < -0.4 is 4.90 Å². The first-order chi connectivity index (χ1) is 18.8. The molecule has 5 heteroatoms. The SMILES string of the molecule is Cc1c(C)n(-c2cc(C(C)(C)C)ccn2)c2cc(N(c3ccccc3)c3cccc(-c4ncco4)c3)ccc12. The number of rotatable bonds is 5. The molecule has 0 radical (unpaired) electrons. The van der Waals surface area contributed by atoms with E-state index in [0.717, 1.165) is 34.0 Å². The molecule has 3 heterocycles. The normalized spacial score (nSPS) is 11.7. The molecule has 6 rings (SSSR count). The highest BCUT2D eigenvalue weighted by Gasteiger charge is 2.20. The molecule has 3 aromatic heterocycles. The molecule has 6 aromatic rings. The van der Waals surface area contributed by atoms with Crippen LogP contribution in [-0.4, -0.2) is 14.5 Å². The van der Waals surface area contributed by atoms with Crippen LogP contribution >= 0.6 is 0 Å². The van der Waals surface area contributed by atoms with Gasteiger partial charge in [-0.05, 0) is 85.0 Å². The summed E-state index contributed by atoms with van der Waals surface area (Å²) < 4.78 is 7.89. The third-order valence-corrected chi connectivity index (χ3v) is 7.40. The van der Waals surface area contributed by atoms with Crippen molar-refractivity contribution in [1.29, 1.82) is 0 Å². The van der Waals surface area contributed by atoms with Gasteiger partial charge in [0.2, 0.25) is 5.89 Å². The fraction of sp³-hybridized carbons (Fsp3) is 0.176. The van der Waals surface area contributed by atoms with Gasteiger partial charge in [0.1, 0.15) is 12.1 Å². The lowest BCUT2D eigenvalue weighted by atomic mass is 9.88. The van der Waals surface area contributed by atoms with Gasteiger partial charge in [-0.1, -0.05) is 51.1 Å². The van der Waals surface area contributed by atoms with E-state index in [2.05, 4.69) is 116 Å². The summed E-state index contributed by atoms with van der Waals surface area (Å²) in [6, 6.07) is 29.8. The summed E-state index contributed by atoms with van der Waals surface area (Å²) in [6.45, 7) is 11.1. The fourth-order valence-corrected chi connectivity index (χ4v) is 5.18. The highest BCUT2D eigenvalue weighted by molar-refractivity contribution is 5.92. The number of benzene rings is 3. The van der Waals surface area contributed by atoms with Crippen molar-refractivity contribution in [3.8, 4) is 17.3 Å². The Hall–Kier alpha value is -4.64. The van der Waals surface area contributed by atoms with Gasteiger partial charge < -0.3 is 9.32 Å². The maximum Gasteiger partial charge on any atom is 0.225 e. The van der Waals surface area contributed by atoms with Gasteiger partial charge in [0.25, 0.3) is 0 Å². The van der Waals surface area contributed by atoms with Crippen LogP contribution in [0.5, 0.6) is 0 Å². The van der Waals surface area contributed by atoms with E-state index in [0.29, 0.717) is 5.89 Å². The van der Waals surface area contributed by atoms with E-state index >= 15 is 0 Å². The van der Waals surface area contributed by atoms with E-state index in [1.165, 1.54) is 22.2 Å². The van der Waals surface area contributed by atoms with Crippen LogP contribution in [0.3, 0.4) is 0 Å². The Kier molecular flexibility index (Phi) is 6.07. The summed E-state index contributed by atoms with van der Waals surface area (Å²) >= 11 is 0. The zero-order valence-electron chi connectivity index (χ0n) is 23.0. The Balaban J connectivity index is 1.55. The molecule has 5 nitrogen and oxygen atoms in total. The smallest absolute Gasteiger partial charge is 0.225 e. The standard InChI is InChI=1S/C34H32N4O/c1-23-24(2)37(32-21-26(16-17-35-32)34(3,4)5)31-22-29(14-15-30(23)31)38(27-11-7-6-8-12-27)28-13-9-10-25(20-28)33-36-18-19-39-33/h6-22H,1-5H3. The first-order valence-electron chi connectivity index (χ1n) is 13.2. The summed E-state index contributed by atoms with van der Waals surface area (Å²) in [4.78, 5) is 11.4. The average Bonchev–Trinajstić information content (AvgIpc) is 3.57. The second-order valence-electron chi connectivity index (χ2n) is 11.0. The second kappa shape index (κ2) is 9.59. The van der Waals surface area contributed by atoms with Gasteiger partial charge in [0.05, 0.1) is 11.7 Å². The lowest BCUT2D eigenvalue weighted by Crippen LogP contribution is -2.13. The van der Waals surface area contributed by atoms with E-state index in [-0.39, 0.29) is 5.41 Å². The summed E-state index contributed by atoms with van der Waals surface area (Å²) in [7, 11) is 0. The molecule has 0 saturated carbocycles. The topological polar surface area (TPSA) is 47.1 Å². The molecule has 0 fully saturated rings. The molecule has 0 spiro atoms. The van der Waals surface area contributed by atoms with Gasteiger partial charge in [-0.25, -0.2) is 9.97 Å². The maximum atomic E-state index is 5.60. The van der Waals surface area contributed by atoms with Gasteiger partial charge in [0, 0.05) is 39.9 Å². The number of oxazole rings is 1. The maximum absolute atomic E-state index is 5.60. The quantitative estimate of drug-likeness (QED) is 0.231. The Bertz CT molecular complexity index is 1760. The van der Waals surface area contributed by atoms with Crippen LogP contribution in [0.25, 0.3) is 28.2 Å². The van der Waals surface area contributed by atoms with Crippen molar-refractivity contribution in [3.05, 3.63) is 120 Å². The van der Waals surface area contributed by atoms with Gasteiger partial charge in [-0.3, -0.25) is 4.57 Å². The van der Waals surface area contributed by atoms with Crippen molar-refractivity contribution >= 4 is 28.0 Å². The van der Waals surface area contributed by atoms with Crippen LogP contribution in [0.4, 0.5) is 17.1 Å². The minimum atomic E-state index is 0.0345.